The molecule has 0 aliphatic carbocycles. The highest BCUT2D eigenvalue weighted by Gasteiger charge is 2.52. The third-order valence-electron chi connectivity index (χ3n) is 3.90. The molecule has 0 bridgehead atoms. The average Bonchev–Trinajstić information content (AvgIpc) is 2.57. The molecule has 0 amide bonds. The number of nitrogens with one attached hydrogen (secondary N) is 1. The zero-order valence-corrected chi connectivity index (χ0v) is 13.2. The van der Waals surface area contributed by atoms with E-state index in [0.29, 0.717) is 5.75 Å². The van der Waals surface area contributed by atoms with E-state index in [0.717, 1.165) is 11.0 Å². The Balaban J connectivity index is 2.26. The monoisotopic (exact) mass is 293 g/mol. The third kappa shape index (κ3) is 3.02. The Morgan fingerprint density at radius 2 is 1.90 bits per heavy atom. The van der Waals surface area contributed by atoms with Crippen LogP contribution in [0.1, 0.15) is 33.3 Å². The van der Waals surface area contributed by atoms with Crippen molar-refractivity contribution in [2.45, 2.75) is 38.9 Å². The molecule has 0 saturated carbocycles. The van der Waals surface area contributed by atoms with Crippen LogP contribution < -0.4 is 5.56 Å². The molecule has 0 unspecified atom stereocenters. The fraction of sp³-hybridized carbons (Fsp3) is 0.500. The standard InChI is InChI=1S/C14H20BNO3S/c1-13(2)14(3,4)19-15(18-13)11(9-20)7-10-5-6-12(17)16-8-10/h5-8,20H,9H2,1-4H3,(H,16,17). The maximum Gasteiger partial charge on any atom is 0.491 e. The van der Waals surface area contributed by atoms with Gasteiger partial charge in [0.15, 0.2) is 0 Å². The Labute approximate surface area is 125 Å². The van der Waals surface area contributed by atoms with Gasteiger partial charge in [0.05, 0.1) is 11.2 Å². The Kier molecular flexibility index (Phi) is 4.18. The second-order valence-corrected chi connectivity index (χ2v) is 6.27. The Morgan fingerprint density at radius 1 is 1.30 bits per heavy atom. The van der Waals surface area contributed by atoms with Crippen molar-refractivity contribution in [3.63, 3.8) is 0 Å². The van der Waals surface area contributed by atoms with Gasteiger partial charge in [-0.05, 0) is 44.8 Å². The molecule has 2 rings (SSSR count). The SMILES string of the molecule is CC1(C)OB(C(=Cc2ccc(=O)[nH]c2)CS)OC1(C)C. The average molecular weight is 293 g/mol. The van der Waals surface area contributed by atoms with Crippen LogP contribution in [0.4, 0.5) is 0 Å². The second kappa shape index (κ2) is 5.43. The van der Waals surface area contributed by atoms with Gasteiger partial charge in [0.25, 0.3) is 0 Å². The summed E-state index contributed by atoms with van der Waals surface area (Å²) in [4.78, 5) is 13.7. The minimum Gasteiger partial charge on any atom is -0.400 e. The van der Waals surface area contributed by atoms with Crippen molar-refractivity contribution in [2.75, 3.05) is 5.75 Å². The van der Waals surface area contributed by atoms with E-state index in [4.69, 9.17) is 9.31 Å². The summed E-state index contributed by atoms with van der Waals surface area (Å²) in [5.41, 5.74) is 0.961. The summed E-state index contributed by atoms with van der Waals surface area (Å²) in [5.74, 6) is 0.524. The zero-order chi connectivity index (χ0) is 15.0. The quantitative estimate of drug-likeness (QED) is 0.664. The number of aromatic nitrogens is 1. The van der Waals surface area contributed by atoms with E-state index in [1.807, 2.05) is 33.8 Å². The van der Waals surface area contributed by atoms with E-state index in [2.05, 4.69) is 17.6 Å². The van der Waals surface area contributed by atoms with Crippen LogP contribution in [0.15, 0.2) is 28.6 Å². The van der Waals surface area contributed by atoms with Gasteiger partial charge in [-0.25, -0.2) is 0 Å². The van der Waals surface area contributed by atoms with Crippen LogP contribution >= 0.6 is 12.6 Å². The molecule has 1 aliphatic rings. The van der Waals surface area contributed by atoms with Crippen LogP contribution in [-0.4, -0.2) is 29.1 Å². The molecular weight excluding hydrogens is 273 g/mol. The zero-order valence-electron chi connectivity index (χ0n) is 12.3. The molecule has 108 valence electrons. The van der Waals surface area contributed by atoms with Crippen LogP contribution in [0.2, 0.25) is 0 Å². The van der Waals surface area contributed by atoms with E-state index in [1.54, 1.807) is 12.3 Å². The predicted molar refractivity (Wildman–Crippen MR) is 85.0 cm³/mol. The lowest BCUT2D eigenvalue weighted by Crippen LogP contribution is -2.41. The molecule has 1 aromatic rings. The van der Waals surface area contributed by atoms with Gasteiger partial charge in [0.2, 0.25) is 5.56 Å². The van der Waals surface area contributed by atoms with Crippen LogP contribution in [0.3, 0.4) is 0 Å². The van der Waals surface area contributed by atoms with Crippen LogP contribution in [0, 0.1) is 0 Å². The van der Waals surface area contributed by atoms with Gasteiger partial charge in [0.1, 0.15) is 0 Å². The van der Waals surface area contributed by atoms with Crippen molar-refractivity contribution in [3.05, 3.63) is 39.7 Å². The van der Waals surface area contributed by atoms with Gasteiger partial charge in [-0.3, -0.25) is 4.79 Å². The Hall–Kier alpha value is -0.975. The summed E-state index contributed by atoms with van der Waals surface area (Å²) >= 11 is 4.35. The Bertz CT molecular complexity index is 544. The van der Waals surface area contributed by atoms with E-state index >= 15 is 0 Å². The van der Waals surface area contributed by atoms with Gasteiger partial charge in [0, 0.05) is 18.0 Å². The summed E-state index contributed by atoms with van der Waals surface area (Å²) in [6.07, 6.45) is 3.60. The number of H-pyrrole nitrogens is 1. The smallest absolute Gasteiger partial charge is 0.400 e. The van der Waals surface area contributed by atoms with E-state index in [-0.39, 0.29) is 16.8 Å². The van der Waals surface area contributed by atoms with E-state index in [1.165, 1.54) is 6.07 Å². The first-order valence-corrected chi connectivity index (χ1v) is 7.24. The molecule has 1 aromatic heterocycles. The first-order valence-electron chi connectivity index (χ1n) is 6.61. The fourth-order valence-electron chi connectivity index (χ4n) is 1.91. The van der Waals surface area contributed by atoms with Gasteiger partial charge in [-0.15, -0.1) is 0 Å². The molecular formula is C14H20BNO3S. The van der Waals surface area contributed by atoms with E-state index in [9.17, 15) is 4.79 Å². The van der Waals surface area contributed by atoms with Crippen LogP contribution in [0.5, 0.6) is 0 Å². The molecule has 1 N–H and O–H groups in total. The molecule has 0 atom stereocenters. The third-order valence-corrected chi connectivity index (χ3v) is 4.26. The van der Waals surface area contributed by atoms with Crippen molar-refractivity contribution >= 4 is 25.8 Å². The lowest BCUT2D eigenvalue weighted by molar-refractivity contribution is 0.00578. The minimum absolute atomic E-state index is 0.120. The molecule has 0 aromatic carbocycles. The van der Waals surface area contributed by atoms with Crippen LogP contribution in [0.25, 0.3) is 6.08 Å². The van der Waals surface area contributed by atoms with Crippen LogP contribution in [-0.2, 0) is 9.31 Å². The molecule has 0 spiro atoms. The highest BCUT2D eigenvalue weighted by Crippen LogP contribution is 2.38. The molecule has 1 fully saturated rings. The predicted octanol–water partition coefficient (Wildman–Crippen LogP) is 2.32. The first-order chi connectivity index (χ1) is 9.25. The Morgan fingerprint density at radius 3 is 2.35 bits per heavy atom. The first kappa shape index (κ1) is 15.4. The lowest BCUT2D eigenvalue weighted by atomic mass is 9.78. The largest absolute Gasteiger partial charge is 0.491 e. The van der Waals surface area contributed by atoms with Crippen molar-refractivity contribution in [1.29, 1.82) is 0 Å². The number of aromatic amines is 1. The maximum atomic E-state index is 11.1. The second-order valence-electron chi connectivity index (χ2n) is 5.95. The van der Waals surface area contributed by atoms with E-state index < -0.39 is 7.12 Å². The number of hydrogen-bond donors (Lipinski definition) is 2. The molecule has 1 saturated heterocycles. The van der Waals surface area contributed by atoms with Gasteiger partial charge < -0.3 is 14.3 Å². The maximum absolute atomic E-state index is 11.1. The number of pyridine rings is 1. The highest BCUT2D eigenvalue weighted by atomic mass is 32.1. The fourth-order valence-corrected chi connectivity index (χ4v) is 2.15. The molecule has 1 aliphatic heterocycles. The number of hydrogen-bond acceptors (Lipinski definition) is 4. The molecule has 0 radical (unpaired) electrons. The molecule has 4 nitrogen and oxygen atoms in total. The normalized spacial score (nSPS) is 21.2. The summed E-state index contributed by atoms with van der Waals surface area (Å²) in [6, 6.07) is 3.25. The van der Waals surface area contributed by atoms with Gasteiger partial charge in [-0.2, -0.15) is 12.6 Å². The number of thiol groups is 1. The molecule has 20 heavy (non-hydrogen) atoms. The number of rotatable bonds is 3. The van der Waals surface area contributed by atoms with Crippen molar-refractivity contribution in [3.8, 4) is 0 Å². The molecule has 2 heterocycles. The van der Waals surface area contributed by atoms with Crippen molar-refractivity contribution in [2.24, 2.45) is 0 Å². The summed E-state index contributed by atoms with van der Waals surface area (Å²) in [5, 5.41) is 0. The van der Waals surface area contributed by atoms with Crippen molar-refractivity contribution < 1.29 is 9.31 Å². The van der Waals surface area contributed by atoms with Gasteiger partial charge >= 0.3 is 7.12 Å². The summed E-state index contributed by atoms with van der Waals surface area (Å²) in [7, 11) is -0.413. The topological polar surface area (TPSA) is 51.3 Å². The van der Waals surface area contributed by atoms with Crippen molar-refractivity contribution in [1.82, 2.24) is 4.98 Å². The summed E-state index contributed by atoms with van der Waals surface area (Å²) in [6.45, 7) is 8.07. The lowest BCUT2D eigenvalue weighted by Gasteiger charge is -2.32. The minimum atomic E-state index is -0.413. The molecule has 6 heteroatoms. The van der Waals surface area contributed by atoms with Gasteiger partial charge in [-0.1, -0.05) is 6.08 Å². The highest BCUT2D eigenvalue weighted by molar-refractivity contribution is 7.80. The summed E-state index contributed by atoms with van der Waals surface area (Å²) < 4.78 is 12.0.